The first kappa shape index (κ1) is 8.36. The third-order valence-electron chi connectivity index (χ3n) is 2.29. The Balaban J connectivity index is 2.22. The molecule has 0 aliphatic carbocycles. The molecule has 1 heteroatoms. The summed E-state index contributed by atoms with van der Waals surface area (Å²) >= 11 is 0. The van der Waals surface area contributed by atoms with E-state index in [2.05, 4.69) is 30.4 Å². The van der Waals surface area contributed by atoms with Gasteiger partial charge in [-0.05, 0) is 30.9 Å². The maximum Gasteiger partial charge on any atom is 0.122 e. The number of allylic oxidation sites excluding steroid dienone is 1. The zero-order chi connectivity index (χ0) is 8.93. The van der Waals surface area contributed by atoms with Gasteiger partial charge in [0, 0.05) is 0 Å². The molecule has 2 rings (SSSR count). The second-order valence-electron chi connectivity index (χ2n) is 3.28. The number of fused-ring (bicyclic) bond motifs is 1. The van der Waals surface area contributed by atoms with Gasteiger partial charge in [0.2, 0.25) is 0 Å². The molecule has 0 saturated carbocycles. The van der Waals surface area contributed by atoms with Crippen LogP contribution in [0.15, 0.2) is 36.4 Å². The van der Waals surface area contributed by atoms with Gasteiger partial charge in [-0.1, -0.05) is 30.4 Å². The van der Waals surface area contributed by atoms with E-state index in [0.29, 0.717) is 6.61 Å². The Bertz CT molecular complexity index is 302. The molecule has 68 valence electrons. The van der Waals surface area contributed by atoms with E-state index in [1.165, 1.54) is 12.0 Å². The Hall–Kier alpha value is -1.24. The highest BCUT2D eigenvalue weighted by atomic mass is 16.5. The van der Waals surface area contributed by atoms with Crippen molar-refractivity contribution in [2.75, 3.05) is 6.61 Å². The summed E-state index contributed by atoms with van der Waals surface area (Å²) in [6.07, 6.45) is 7.81. The molecule has 1 aromatic carbocycles. The summed E-state index contributed by atoms with van der Waals surface area (Å²) in [6.45, 7) is 0.705. The standard InChI is InChI=1S/C12H14O/c1-2-6-10-13-12-9-5-4-8-11(12)7-3-1/h2,4-6,8-9H,1,3,7,10H2. The minimum Gasteiger partial charge on any atom is -0.489 e. The average molecular weight is 174 g/mol. The van der Waals surface area contributed by atoms with Crippen molar-refractivity contribution >= 4 is 0 Å². The van der Waals surface area contributed by atoms with Crippen molar-refractivity contribution in [1.29, 1.82) is 0 Å². The van der Waals surface area contributed by atoms with Crippen LogP contribution in [-0.4, -0.2) is 6.61 Å². The number of hydrogen-bond acceptors (Lipinski definition) is 1. The van der Waals surface area contributed by atoms with Gasteiger partial charge in [-0.2, -0.15) is 0 Å². The van der Waals surface area contributed by atoms with Crippen LogP contribution < -0.4 is 4.74 Å². The molecule has 1 heterocycles. The van der Waals surface area contributed by atoms with E-state index in [-0.39, 0.29) is 0 Å². The van der Waals surface area contributed by atoms with Crippen molar-refractivity contribution in [2.24, 2.45) is 0 Å². The second kappa shape index (κ2) is 4.13. The molecule has 1 aromatic rings. The van der Waals surface area contributed by atoms with E-state index < -0.39 is 0 Å². The molecule has 0 radical (unpaired) electrons. The van der Waals surface area contributed by atoms with Crippen LogP contribution in [0, 0.1) is 0 Å². The van der Waals surface area contributed by atoms with Crippen molar-refractivity contribution in [2.45, 2.75) is 19.3 Å². The monoisotopic (exact) mass is 174 g/mol. The maximum absolute atomic E-state index is 5.62. The van der Waals surface area contributed by atoms with E-state index in [9.17, 15) is 0 Å². The molecule has 0 unspecified atom stereocenters. The molecular weight excluding hydrogens is 160 g/mol. The number of para-hydroxylation sites is 1. The highest BCUT2D eigenvalue weighted by Gasteiger charge is 2.02. The summed E-state index contributed by atoms with van der Waals surface area (Å²) < 4.78 is 5.62. The Morgan fingerprint density at radius 3 is 3.00 bits per heavy atom. The van der Waals surface area contributed by atoms with Crippen LogP contribution in [0.5, 0.6) is 5.75 Å². The van der Waals surface area contributed by atoms with Crippen molar-refractivity contribution < 1.29 is 4.74 Å². The predicted octanol–water partition coefficient (Wildman–Crippen LogP) is 2.96. The van der Waals surface area contributed by atoms with E-state index in [1.807, 2.05) is 6.07 Å². The first-order valence-corrected chi connectivity index (χ1v) is 4.82. The lowest BCUT2D eigenvalue weighted by Crippen LogP contribution is -1.96. The number of hydrogen-bond donors (Lipinski definition) is 0. The highest BCUT2D eigenvalue weighted by molar-refractivity contribution is 5.33. The van der Waals surface area contributed by atoms with Gasteiger partial charge in [-0.15, -0.1) is 0 Å². The second-order valence-corrected chi connectivity index (χ2v) is 3.28. The topological polar surface area (TPSA) is 9.23 Å². The molecule has 13 heavy (non-hydrogen) atoms. The number of ether oxygens (including phenoxy) is 1. The Kier molecular flexibility index (Phi) is 2.65. The minimum atomic E-state index is 0.705. The van der Waals surface area contributed by atoms with Crippen LogP contribution in [0.3, 0.4) is 0 Å². The lowest BCUT2D eigenvalue weighted by atomic mass is 10.1. The number of aryl methyl sites for hydroxylation is 1. The quantitative estimate of drug-likeness (QED) is 0.549. The third-order valence-corrected chi connectivity index (χ3v) is 2.29. The van der Waals surface area contributed by atoms with Gasteiger partial charge in [-0.3, -0.25) is 0 Å². The van der Waals surface area contributed by atoms with Crippen molar-refractivity contribution in [3.05, 3.63) is 42.0 Å². The average Bonchev–Trinajstić information content (AvgIpc) is 2.28. The molecule has 0 N–H and O–H groups in total. The third kappa shape index (κ3) is 2.11. The lowest BCUT2D eigenvalue weighted by molar-refractivity contribution is 0.359. The van der Waals surface area contributed by atoms with E-state index in [0.717, 1.165) is 18.6 Å². The van der Waals surface area contributed by atoms with Crippen LogP contribution in [0.2, 0.25) is 0 Å². The summed E-state index contributed by atoms with van der Waals surface area (Å²) in [5.41, 5.74) is 1.34. The van der Waals surface area contributed by atoms with Crippen LogP contribution >= 0.6 is 0 Å². The maximum atomic E-state index is 5.62. The molecule has 0 saturated heterocycles. The zero-order valence-electron chi connectivity index (χ0n) is 7.70. The lowest BCUT2D eigenvalue weighted by Gasteiger charge is -2.07. The Morgan fingerprint density at radius 2 is 2.00 bits per heavy atom. The van der Waals surface area contributed by atoms with Gasteiger partial charge in [0.05, 0.1) is 0 Å². The summed E-state index contributed by atoms with van der Waals surface area (Å²) in [7, 11) is 0. The molecule has 1 aliphatic rings. The molecule has 0 spiro atoms. The van der Waals surface area contributed by atoms with Gasteiger partial charge in [0.1, 0.15) is 12.4 Å². The molecule has 0 atom stereocenters. The summed E-state index contributed by atoms with van der Waals surface area (Å²) in [5, 5.41) is 0. The fraction of sp³-hybridized carbons (Fsp3) is 0.333. The predicted molar refractivity (Wildman–Crippen MR) is 54.0 cm³/mol. The molecule has 1 nitrogen and oxygen atoms in total. The van der Waals surface area contributed by atoms with Crippen LogP contribution in [0.4, 0.5) is 0 Å². The highest BCUT2D eigenvalue weighted by Crippen LogP contribution is 2.21. The molecule has 1 aliphatic heterocycles. The minimum absolute atomic E-state index is 0.705. The van der Waals surface area contributed by atoms with Gasteiger partial charge >= 0.3 is 0 Å². The summed E-state index contributed by atoms with van der Waals surface area (Å²) in [4.78, 5) is 0. The first-order valence-electron chi connectivity index (χ1n) is 4.82. The molecule has 0 bridgehead atoms. The molecule has 0 aromatic heterocycles. The Labute approximate surface area is 79.0 Å². The molecular formula is C12H14O. The zero-order valence-corrected chi connectivity index (χ0v) is 7.70. The SMILES string of the molecule is C1=CCOc2ccccc2CCC1. The number of rotatable bonds is 0. The van der Waals surface area contributed by atoms with Crippen molar-refractivity contribution in [3.8, 4) is 5.75 Å². The molecule has 0 amide bonds. The van der Waals surface area contributed by atoms with Gasteiger partial charge in [0.15, 0.2) is 0 Å². The van der Waals surface area contributed by atoms with Crippen LogP contribution in [-0.2, 0) is 6.42 Å². The van der Waals surface area contributed by atoms with Gasteiger partial charge in [-0.25, -0.2) is 0 Å². The van der Waals surface area contributed by atoms with E-state index in [4.69, 9.17) is 4.74 Å². The van der Waals surface area contributed by atoms with Crippen molar-refractivity contribution in [3.63, 3.8) is 0 Å². The summed E-state index contributed by atoms with van der Waals surface area (Å²) in [6, 6.07) is 8.31. The van der Waals surface area contributed by atoms with Crippen molar-refractivity contribution in [1.82, 2.24) is 0 Å². The van der Waals surface area contributed by atoms with Gasteiger partial charge in [0.25, 0.3) is 0 Å². The summed E-state index contributed by atoms with van der Waals surface area (Å²) in [5.74, 6) is 1.05. The normalized spacial score (nSPS) is 16.3. The fourth-order valence-corrected chi connectivity index (χ4v) is 1.59. The van der Waals surface area contributed by atoms with Crippen LogP contribution in [0.25, 0.3) is 0 Å². The largest absolute Gasteiger partial charge is 0.489 e. The van der Waals surface area contributed by atoms with Crippen LogP contribution in [0.1, 0.15) is 18.4 Å². The van der Waals surface area contributed by atoms with E-state index >= 15 is 0 Å². The Morgan fingerprint density at radius 1 is 1.08 bits per heavy atom. The van der Waals surface area contributed by atoms with Gasteiger partial charge < -0.3 is 4.74 Å². The fourth-order valence-electron chi connectivity index (χ4n) is 1.59. The smallest absolute Gasteiger partial charge is 0.122 e. The van der Waals surface area contributed by atoms with E-state index in [1.54, 1.807) is 0 Å². The molecule has 0 fully saturated rings. The first-order chi connectivity index (χ1) is 6.47. The number of benzene rings is 1.